The number of hydrogen-bond acceptors (Lipinski definition) is 10. The van der Waals surface area contributed by atoms with E-state index in [9.17, 15) is 48.0 Å². The number of halogens is 3. The first-order valence-corrected chi connectivity index (χ1v) is 14.9. The number of likely N-dealkylation sites (N-methyl/N-ethyl adjacent to an activating group) is 1. The molecule has 1 amide bonds. The zero-order chi connectivity index (χ0) is 34.7. The molecule has 3 aliphatic carbocycles. The van der Waals surface area contributed by atoms with Crippen LogP contribution in [0.3, 0.4) is 0 Å². The standard InChI is InChI=1S/C33H37F3N4O7/c1-38(2)20-12-17(14-40(31(36)30(34)35)13-15-8-6-5-7-9-15)25(41)22-18(20)10-16-11-19-24(39(3)4)27(43)23(32(37)46)29(45)33(19,47)28(44)21(16)26(22)42/h5-9,12,16,19,24,30-31,41,43-44,47H,10-11,13-14H2,1-4H3,(H2,37,46)/t16-,19-,24-,31?,33-/m0/s1. The normalized spacial score (nSPS) is 24.9. The first-order chi connectivity index (χ1) is 22.0. The smallest absolute Gasteiger partial charge is 0.282 e. The van der Waals surface area contributed by atoms with Crippen LogP contribution in [0.4, 0.5) is 18.9 Å². The highest BCUT2D eigenvalue weighted by atomic mass is 19.3. The highest BCUT2D eigenvalue weighted by Crippen LogP contribution is 2.53. The molecule has 3 aliphatic rings. The number of ketones is 2. The molecule has 0 aromatic heterocycles. The average molecular weight is 659 g/mol. The third-order valence-corrected chi connectivity index (χ3v) is 9.42. The maximum Gasteiger partial charge on any atom is 0.282 e. The van der Waals surface area contributed by atoms with Crippen molar-refractivity contribution in [2.24, 2.45) is 17.6 Å². The predicted octanol–water partition coefficient (Wildman–Crippen LogP) is 2.75. The number of anilines is 1. The summed E-state index contributed by atoms with van der Waals surface area (Å²) in [6, 6.07) is 8.68. The minimum absolute atomic E-state index is 0.0341. The highest BCUT2D eigenvalue weighted by Gasteiger charge is 2.63. The number of nitrogens with zero attached hydrogens (tertiary/aromatic N) is 3. The Morgan fingerprint density at radius 3 is 2.23 bits per heavy atom. The lowest BCUT2D eigenvalue weighted by molar-refractivity contribution is -0.148. The van der Waals surface area contributed by atoms with E-state index >= 15 is 0 Å². The Kier molecular flexibility index (Phi) is 8.90. The number of fused-ring (bicyclic) bond motifs is 3. The van der Waals surface area contributed by atoms with E-state index in [1.165, 1.54) is 25.1 Å². The maximum absolute atomic E-state index is 14.9. The van der Waals surface area contributed by atoms with Gasteiger partial charge in [0.05, 0.1) is 11.6 Å². The molecule has 5 rings (SSSR count). The fourth-order valence-corrected chi connectivity index (χ4v) is 7.30. The van der Waals surface area contributed by atoms with Gasteiger partial charge in [-0.05, 0) is 50.0 Å². The Balaban J connectivity index is 1.65. The van der Waals surface area contributed by atoms with E-state index < -0.39 is 83.1 Å². The molecular weight excluding hydrogens is 621 g/mol. The molecule has 2 aromatic carbocycles. The van der Waals surface area contributed by atoms with Gasteiger partial charge in [-0.15, -0.1) is 0 Å². The number of phenolic OH excluding ortho intramolecular Hbond substituents is 1. The lowest BCUT2D eigenvalue weighted by atomic mass is 9.58. The summed E-state index contributed by atoms with van der Waals surface area (Å²) in [6.45, 7) is -0.766. The molecular formula is C33H37F3N4O7. The number of allylic oxidation sites excluding steroid dienone is 1. The van der Waals surface area contributed by atoms with Gasteiger partial charge in [-0.3, -0.25) is 24.2 Å². The Morgan fingerprint density at radius 2 is 1.68 bits per heavy atom. The van der Waals surface area contributed by atoms with Crippen molar-refractivity contribution in [1.29, 1.82) is 0 Å². The quantitative estimate of drug-likeness (QED) is 0.200. The Morgan fingerprint density at radius 1 is 1.04 bits per heavy atom. The number of phenols is 1. The Bertz CT molecular complexity index is 1690. The molecule has 252 valence electrons. The maximum atomic E-state index is 14.9. The van der Waals surface area contributed by atoms with Crippen LogP contribution in [0.1, 0.15) is 33.5 Å². The summed E-state index contributed by atoms with van der Waals surface area (Å²) in [7, 11) is 6.40. The summed E-state index contributed by atoms with van der Waals surface area (Å²) < 4.78 is 42.3. The van der Waals surface area contributed by atoms with E-state index in [-0.39, 0.29) is 36.1 Å². The van der Waals surface area contributed by atoms with E-state index in [2.05, 4.69) is 0 Å². The number of Topliss-reactive ketones (excluding diaryl/α,β-unsaturated/α-hetero) is 2. The zero-order valence-corrected chi connectivity index (χ0v) is 26.2. The van der Waals surface area contributed by atoms with Crippen LogP contribution >= 0.6 is 0 Å². The number of aliphatic hydroxyl groups is 3. The molecule has 0 heterocycles. The van der Waals surface area contributed by atoms with Gasteiger partial charge in [0.15, 0.2) is 11.4 Å². The number of nitrogens with two attached hydrogens (primary N) is 1. The van der Waals surface area contributed by atoms with Crippen molar-refractivity contribution in [3.63, 3.8) is 0 Å². The van der Waals surface area contributed by atoms with Crippen LogP contribution in [0, 0.1) is 11.8 Å². The molecule has 6 N–H and O–H groups in total. The predicted molar refractivity (Wildman–Crippen MR) is 165 cm³/mol. The lowest BCUT2D eigenvalue weighted by Crippen LogP contribution is -2.63. The zero-order valence-electron chi connectivity index (χ0n) is 26.2. The summed E-state index contributed by atoms with van der Waals surface area (Å²) in [6.07, 6.45) is -6.14. The molecule has 0 spiro atoms. The monoisotopic (exact) mass is 658 g/mol. The molecule has 2 aromatic rings. The van der Waals surface area contributed by atoms with Gasteiger partial charge in [0.2, 0.25) is 12.1 Å². The van der Waals surface area contributed by atoms with Crippen molar-refractivity contribution in [3.05, 3.63) is 81.3 Å². The number of alkyl halides is 3. The van der Waals surface area contributed by atoms with E-state index in [0.717, 1.165) is 4.90 Å². The van der Waals surface area contributed by atoms with E-state index in [0.29, 0.717) is 16.8 Å². The van der Waals surface area contributed by atoms with Crippen LogP contribution in [0.2, 0.25) is 0 Å². The van der Waals surface area contributed by atoms with Gasteiger partial charge in [-0.1, -0.05) is 30.3 Å². The number of rotatable bonds is 9. The van der Waals surface area contributed by atoms with Crippen LogP contribution in [0.5, 0.6) is 5.75 Å². The summed E-state index contributed by atoms with van der Waals surface area (Å²) in [5.74, 6) is -7.94. The van der Waals surface area contributed by atoms with Crippen molar-refractivity contribution in [3.8, 4) is 5.75 Å². The number of carbonyl (C=O) groups is 3. The molecule has 0 bridgehead atoms. The molecule has 0 saturated carbocycles. The Hall–Kier alpha value is -4.40. The summed E-state index contributed by atoms with van der Waals surface area (Å²) in [4.78, 5) is 44.0. The summed E-state index contributed by atoms with van der Waals surface area (Å²) in [5, 5.41) is 45.9. The number of aromatic hydroxyl groups is 1. The van der Waals surface area contributed by atoms with Gasteiger partial charge in [-0.2, -0.15) is 0 Å². The van der Waals surface area contributed by atoms with Crippen LogP contribution in [0.25, 0.3) is 0 Å². The second-order valence-electron chi connectivity index (χ2n) is 12.7. The third kappa shape index (κ3) is 5.43. The van der Waals surface area contributed by atoms with Crippen molar-refractivity contribution >= 4 is 23.2 Å². The van der Waals surface area contributed by atoms with Gasteiger partial charge < -0.3 is 31.1 Å². The fourth-order valence-electron chi connectivity index (χ4n) is 7.30. The molecule has 0 aliphatic heterocycles. The molecule has 0 saturated heterocycles. The fraction of sp³-hybridized carbons (Fsp3) is 0.424. The number of carbonyl (C=O) groups excluding carboxylic acids is 3. The van der Waals surface area contributed by atoms with Crippen molar-refractivity contribution < 1.29 is 48.0 Å². The topological polar surface area (TPSA) is 168 Å². The largest absolute Gasteiger partial charge is 0.510 e. The molecule has 0 radical (unpaired) electrons. The average Bonchev–Trinajstić information content (AvgIpc) is 2.99. The van der Waals surface area contributed by atoms with Crippen LogP contribution in [-0.4, -0.2) is 100 Å². The van der Waals surface area contributed by atoms with E-state index in [4.69, 9.17) is 5.73 Å². The number of hydrogen-bond donors (Lipinski definition) is 5. The van der Waals surface area contributed by atoms with Crippen LogP contribution in [0.15, 0.2) is 59.1 Å². The summed E-state index contributed by atoms with van der Waals surface area (Å²) in [5.41, 5.74) is 2.26. The van der Waals surface area contributed by atoms with E-state index in [1.807, 2.05) is 0 Å². The summed E-state index contributed by atoms with van der Waals surface area (Å²) >= 11 is 0. The number of aliphatic hydroxyl groups excluding tert-OH is 2. The third-order valence-electron chi connectivity index (χ3n) is 9.42. The first-order valence-electron chi connectivity index (χ1n) is 14.9. The SMILES string of the molecule is CN(C)c1cc(CN(Cc2ccccc2)C(F)C(F)F)c(O)c2c1C[C@H]1C[C@H]3[C@H](N(C)C)C(O)=C(C(N)=O)C(=O)[C@@]3(O)C(O)=C1C2=O. The minimum atomic E-state index is -3.37. The lowest BCUT2D eigenvalue weighted by Gasteiger charge is -2.50. The van der Waals surface area contributed by atoms with E-state index in [1.54, 1.807) is 49.3 Å². The van der Waals surface area contributed by atoms with Gasteiger partial charge in [0.1, 0.15) is 22.8 Å². The van der Waals surface area contributed by atoms with Gasteiger partial charge in [0, 0.05) is 49.9 Å². The molecule has 1 unspecified atom stereocenters. The van der Waals surface area contributed by atoms with Crippen LogP contribution < -0.4 is 10.6 Å². The second kappa shape index (κ2) is 12.3. The van der Waals surface area contributed by atoms with Crippen molar-refractivity contribution in [2.75, 3.05) is 33.1 Å². The molecule has 5 atom stereocenters. The van der Waals surface area contributed by atoms with Crippen molar-refractivity contribution in [1.82, 2.24) is 9.80 Å². The first kappa shape index (κ1) is 33.9. The van der Waals surface area contributed by atoms with Gasteiger partial charge >= 0.3 is 0 Å². The van der Waals surface area contributed by atoms with Gasteiger partial charge in [-0.25, -0.2) is 13.2 Å². The molecule has 0 fully saturated rings. The molecule has 14 heteroatoms. The molecule has 11 nitrogen and oxygen atoms in total. The van der Waals surface area contributed by atoms with Gasteiger partial charge in [0.25, 0.3) is 12.3 Å². The Labute approximate surface area is 269 Å². The molecule has 47 heavy (non-hydrogen) atoms. The second-order valence-corrected chi connectivity index (χ2v) is 12.7. The number of benzene rings is 2. The minimum Gasteiger partial charge on any atom is -0.510 e. The number of amides is 1. The van der Waals surface area contributed by atoms with Crippen LogP contribution in [-0.2, 0) is 29.1 Å². The highest BCUT2D eigenvalue weighted by molar-refractivity contribution is 6.25. The van der Waals surface area contributed by atoms with Crippen molar-refractivity contribution in [2.45, 2.75) is 50.3 Å². The number of primary amides is 1.